The fourth-order valence-corrected chi connectivity index (χ4v) is 2.05. The molecule has 0 aliphatic carbocycles. The molecular weight excluding hydrogens is 290 g/mol. The van der Waals surface area contributed by atoms with Crippen molar-refractivity contribution in [2.45, 2.75) is 13.1 Å². The van der Waals surface area contributed by atoms with Crippen LogP contribution < -0.4 is 5.43 Å². The van der Waals surface area contributed by atoms with Crippen molar-refractivity contribution in [1.82, 2.24) is 4.98 Å². The first-order valence-corrected chi connectivity index (χ1v) is 5.57. The number of hydrogen-bond acceptors (Lipinski definition) is 1. The molecule has 0 unspecified atom stereocenters. The van der Waals surface area contributed by atoms with Gasteiger partial charge in [-0.25, -0.2) is 0 Å². The monoisotopic (exact) mass is 295 g/mol. The number of hydrogen-bond donors (Lipinski definition) is 1. The highest BCUT2D eigenvalue weighted by molar-refractivity contribution is 6.44. The van der Waals surface area contributed by atoms with Gasteiger partial charge in [0, 0.05) is 10.9 Å². The molecule has 0 atom stereocenters. The van der Waals surface area contributed by atoms with E-state index in [9.17, 15) is 18.0 Å². The molecule has 0 radical (unpaired) electrons. The van der Waals surface area contributed by atoms with E-state index in [4.69, 9.17) is 23.2 Å². The van der Waals surface area contributed by atoms with Crippen LogP contribution >= 0.6 is 23.2 Å². The Hall–Kier alpha value is -1.20. The number of fused-ring (bicyclic) bond motifs is 1. The smallest absolute Gasteiger partial charge is 0.349 e. The Bertz CT molecular complexity index is 691. The number of benzene rings is 1. The molecule has 0 bridgehead atoms. The highest BCUT2D eigenvalue weighted by atomic mass is 35.5. The highest BCUT2D eigenvalue weighted by Gasteiger charge is 2.35. The second kappa shape index (κ2) is 4.17. The predicted molar refractivity (Wildman–Crippen MR) is 64.3 cm³/mol. The zero-order valence-corrected chi connectivity index (χ0v) is 10.5. The molecule has 0 saturated heterocycles. The summed E-state index contributed by atoms with van der Waals surface area (Å²) in [6.07, 6.45) is -4.65. The van der Waals surface area contributed by atoms with Crippen LogP contribution in [-0.4, -0.2) is 4.98 Å². The largest absolute Gasteiger partial charge is 0.431 e. The lowest BCUT2D eigenvalue weighted by molar-refractivity contribution is -0.141. The van der Waals surface area contributed by atoms with Crippen molar-refractivity contribution in [2.24, 2.45) is 0 Å². The van der Waals surface area contributed by atoms with Crippen LogP contribution in [0.25, 0.3) is 10.9 Å². The lowest BCUT2D eigenvalue weighted by Crippen LogP contribution is -2.18. The van der Waals surface area contributed by atoms with Crippen molar-refractivity contribution < 1.29 is 13.2 Å². The third kappa shape index (κ3) is 1.97. The highest BCUT2D eigenvalue weighted by Crippen LogP contribution is 2.33. The molecule has 1 aromatic heterocycles. The summed E-state index contributed by atoms with van der Waals surface area (Å²) < 4.78 is 38.2. The third-order valence-corrected chi connectivity index (χ3v) is 3.39. The normalized spacial score (nSPS) is 12.1. The Morgan fingerprint density at radius 1 is 1.22 bits per heavy atom. The summed E-state index contributed by atoms with van der Waals surface area (Å²) in [5.74, 6) is 0. The molecule has 0 amide bonds. The predicted octanol–water partition coefficient (Wildman–Crippen LogP) is 4.16. The van der Waals surface area contributed by atoms with Gasteiger partial charge >= 0.3 is 6.18 Å². The Kier molecular flexibility index (Phi) is 3.07. The third-order valence-electron chi connectivity index (χ3n) is 2.59. The Balaban J connectivity index is 2.99. The molecule has 0 saturated carbocycles. The number of alkyl halides is 3. The van der Waals surface area contributed by atoms with E-state index in [-0.39, 0.29) is 20.9 Å². The van der Waals surface area contributed by atoms with Gasteiger partial charge < -0.3 is 4.98 Å². The van der Waals surface area contributed by atoms with Crippen LogP contribution in [0.3, 0.4) is 0 Å². The molecule has 18 heavy (non-hydrogen) atoms. The second-order valence-electron chi connectivity index (χ2n) is 3.74. The van der Waals surface area contributed by atoms with Crippen LogP contribution in [0.5, 0.6) is 0 Å². The summed E-state index contributed by atoms with van der Waals surface area (Å²) >= 11 is 11.5. The number of aromatic nitrogens is 1. The maximum atomic E-state index is 12.7. The lowest BCUT2D eigenvalue weighted by Gasteiger charge is -2.12. The first kappa shape index (κ1) is 13.2. The van der Waals surface area contributed by atoms with E-state index >= 15 is 0 Å². The summed E-state index contributed by atoms with van der Waals surface area (Å²) in [7, 11) is 0. The first-order chi connectivity index (χ1) is 8.23. The maximum Gasteiger partial charge on any atom is 0.431 e. The van der Waals surface area contributed by atoms with Crippen molar-refractivity contribution in [2.75, 3.05) is 0 Å². The van der Waals surface area contributed by atoms with Crippen LogP contribution in [0.4, 0.5) is 13.2 Å². The van der Waals surface area contributed by atoms with Crippen molar-refractivity contribution in [3.05, 3.63) is 43.7 Å². The van der Waals surface area contributed by atoms with Gasteiger partial charge in [0.05, 0.1) is 15.6 Å². The van der Waals surface area contributed by atoms with E-state index in [1.165, 1.54) is 12.1 Å². The van der Waals surface area contributed by atoms with Gasteiger partial charge in [-0.15, -0.1) is 0 Å². The van der Waals surface area contributed by atoms with Gasteiger partial charge in [0.1, 0.15) is 5.69 Å². The Morgan fingerprint density at radius 3 is 2.39 bits per heavy atom. The molecule has 0 aliphatic heterocycles. The molecule has 0 fully saturated rings. The minimum absolute atomic E-state index is 0.0786. The van der Waals surface area contributed by atoms with E-state index in [0.717, 1.165) is 6.92 Å². The number of nitrogens with one attached hydrogen (secondary N) is 1. The summed E-state index contributed by atoms with van der Waals surface area (Å²) in [4.78, 5) is 14.0. The second-order valence-corrected chi connectivity index (χ2v) is 4.52. The van der Waals surface area contributed by atoms with Gasteiger partial charge in [0.25, 0.3) is 0 Å². The van der Waals surface area contributed by atoms with Gasteiger partial charge in [-0.05, 0) is 19.1 Å². The molecule has 1 aromatic carbocycles. The van der Waals surface area contributed by atoms with E-state index < -0.39 is 22.9 Å². The molecule has 2 nitrogen and oxygen atoms in total. The lowest BCUT2D eigenvalue weighted by atomic mass is 10.1. The van der Waals surface area contributed by atoms with Crippen LogP contribution in [-0.2, 0) is 6.18 Å². The molecule has 1 N–H and O–H groups in total. The summed E-state index contributed by atoms with van der Waals surface area (Å²) in [5.41, 5.74) is -2.32. The van der Waals surface area contributed by atoms with E-state index in [2.05, 4.69) is 4.98 Å². The standard InChI is InChI=1S/C11H6Cl2F3NO/c1-4-9(18)5-2-3-6(12)7(13)8(5)17-10(4)11(14,15)16/h2-3H,1H3,(H,17,18). The van der Waals surface area contributed by atoms with Gasteiger partial charge in [-0.3, -0.25) is 4.79 Å². The van der Waals surface area contributed by atoms with Crippen LogP contribution in [0.2, 0.25) is 10.0 Å². The minimum Gasteiger partial charge on any atom is -0.349 e. The van der Waals surface area contributed by atoms with Crippen molar-refractivity contribution in [1.29, 1.82) is 0 Å². The summed E-state index contributed by atoms with van der Waals surface area (Å²) in [5, 5.41) is 0.0588. The van der Waals surface area contributed by atoms with Crippen molar-refractivity contribution >= 4 is 34.1 Å². The van der Waals surface area contributed by atoms with Crippen molar-refractivity contribution in [3.63, 3.8) is 0 Å². The summed E-state index contributed by atoms with van der Waals surface area (Å²) in [6.45, 7) is 1.11. The first-order valence-electron chi connectivity index (χ1n) is 4.81. The quantitative estimate of drug-likeness (QED) is 0.778. The number of pyridine rings is 1. The molecule has 2 rings (SSSR count). The van der Waals surface area contributed by atoms with Gasteiger partial charge in [-0.1, -0.05) is 23.2 Å². The number of rotatable bonds is 0. The van der Waals surface area contributed by atoms with Gasteiger partial charge in [0.2, 0.25) is 0 Å². The van der Waals surface area contributed by atoms with E-state index in [1.54, 1.807) is 0 Å². The van der Waals surface area contributed by atoms with E-state index in [1.807, 2.05) is 0 Å². The molecular formula is C11H6Cl2F3NO. The average Bonchev–Trinajstić information content (AvgIpc) is 2.26. The topological polar surface area (TPSA) is 32.9 Å². The van der Waals surface area contributed by atoms with Gasteiger partial charge in [0.15, 0.2) is 5.43 Å². The molecule has 96 valence electrons. The zero-order valence-electron chi connectivity index (χ0n) is 8.95. The van der Waals surface area contributed by atoms with Crippen LogP contribution in [0.1, 0.15) is 11.3 Å². The average molecular weight is 296 g/mol. The molecule has 0 spiro atoms. The maximum absolute atomic E-state index is 12.7. The Morgan fingerprint density at radius 2 is 1.83 bits per heavy atom. The number of aromatic amines is 1. The molecule has 0 aliphatic rings. The fourth-order valence-electron chi connectivity index (χ4n) is 1.68. The van der Waals surface area contributed by atoms with Crippen LogP contribution in [0.15, 0.2) is 16.9 Å². The fraction of sp³-hybridized carbons (Fsp3) is 0.182. The van der Waals surface area contributed by atoms with Crippen molar-refractivity contribution in [3.8, 4) is 0 Å². The number of halogens is 5. The zero-order chi connectivity index (χ0) is 13.7. The van der Waals surface area contributed by atoms with E-state index in [0.29, 0.717) is 0 Å². The van der Waals surface area contributed by atoms with Crippen LogP contribution in [0, 0.1) is 6.92 Å². The molecule has 1 heterocycles. The van der Waals surface area contributed by atoms with Gasteiger partial charge in [-0.2, -0.15) is 13.2 Å². The SMILES string of the molecule is Cc1c(C(F)(F)F)[nH]c2c(Cl)c(Cl)ccc2c1=O. The summed E-state index contributed by atoms with van der Waals surface area (Å²) in [6, 6.07) is 2.71. The molecule has 7 heteroatoms. The minimum atomic E-state index is -4.65. The molecule has 2 aromatic rings. The number of H-pyrrole nitrogens is 1. The Labute approximate surface area is 109 Å².